The molecule has 0 aliphatic carbocycles. The van der Waals surface area contributed by atoms with Crippen LogP contribution in [0.15, 0.2) is 131 Å². The molecule has 0 radical (unpaired) electrons. The molecule has 8 rings (SSSR count). The van der Waals surface area contributed by atoms with Crippen molar-refractivity contribution < 1.29 is 35.9 Å². The summed E-state index contributed by atoms with van der Waals surface area (Å²) in [4.78, 5) is 31.7. The number of hydrogen-bond acceptors (Lipinski definition) is 11. The van der Waals surface area contributed by atoms with Crippen LogP contribution in [0, 0.1) is 0 Å². The van der Waals surface area contributed by atoms with Crippen LogP contribution in [0.4, 0.5) is 0 Å². The maximum absolute atomic E-state index is 13.3. The molecule has 2 aliphatic heterocycles. The van der Waals surface area contributed by atoms with Crippen LogP contribution in [0.25, 0.3) is 21.5 Å². The first-order chi connectivity index (χ1) is 29.4. The Hall–Kier alpha value is -5.65. The van der Waals surface area contributed by atoms with Crippen LogP contribution in [-0.2, 0) is 19.1 Å². The molecule has 3 N–H and O–H groups in total. The Bertz CT molecular complexity index is 2680. The highest BCUT2D eigenvalue weighted by atomic mass is 35.7. The molecule has 2 amide bonds. The largest absolute Gasteiger partial charge is 0.490 e. The highest BCUT2D eigenvalue weighted by Gasteiger charge is 2.31. The predicted octanol–water partition coefficient (Wildman–Crippen LogP) is 6.17. The normalized spacial score (nSPS) is 15.1. The first kappa shape index (κ1) is 44.9. The number of nitrogens with one attached hydrogen (secondary N) is 3. The van der Waals surface area contributed by atoms with E-state index < -0.39 is 19.1 Å². The van der Waals surface area contributed by atoms with Gasteiger partial charge in [0.05, 0.1) is 9.79 Å². The summed E-state index contributed by atoms with van der Waals surface area (Å²) in [5.74, 6) is 0.793. The van der Waals surface area contributed by atoms with Crippen molar-refractivity contribution in [3.63, 3.8) is 0 Å². The third kappa shape index (κ3) is 11.8. The summed E-state index contributed by atoms with van der Waals surface area (Å²) >= 11 is 0. The summed E-state index contributed by atoms with van der Waals surface area (Å²) in [6, 6.07) is 31.9. The lowest BCUT2D eigenvalue weighted by Crippen LogP contribution is -2.41. The van der Waals surface area contributed by atoms with Crippen molar-refractivity contribution in [2.24, 2.45) is 0 Å². The van der Waals surface area contributed by atoms with Gasteiger partial charge in [-0.3, -0.25) is 19.6 Å². The zero-order valence-corrected chi connectivity index (χ0v) is 36.0. The van der Waals surface area contributed by atoms with Crippen molar-refractivity contribution in [3.8, 4) is 11.5 Å². The van der Waals surface area contributed by atoms with Gasteiger partial charge < -0.3 is 25.4 Å². The van der Waals surface area contributed by atoms with E-state index in [9.17, 15) is 26.4 Å². The van der Waals surface area contributed by atoms with Gasteiger partial charge >= 0.3 is 0 Å². The Kier molecular flexibility index (Phi) is 15.3. The molecule has 2 aliphatic rings. The first-order valence-electron chi connectivity index (χ1n) is 19.7. The number of nitrogens with zero attached hydrogens (tertiary/aromatic N) is 3. The second kappa shape index (κ2) is 20.7. The average Bonchev–Trinajstić information content (AvgIpc) is 3.29. The first-order valence-corrected chi connectivity index (χ1v) is 23.4. The number of ether oxygens (including phenoxy) is 2. The number of halogens is 1. The second-order valence-electron chi connectivity index (χ2n) is 14.1. The lowest BCUT2D eigenvalue weighted by molar-refractivity contribution is 0.0949. The summed E-state index contributed by atoms with van der Waals surface area (Å²) in [6.45, 7) is 2.73. The lowest BCUT2D eigenvalue weighted by Gasteiger charge is -2.31. The summed E-state index contributed by atoms with van der Waals surface area (Å²) in [5, 5.41) is 11.5. The molecular formula is C44H47ClN6O8S2. The number of sulfonamides is 1. The fraction of sp³-hybridized carbons (Fsp3) is 0.273. The van der Waals surface area contributed by atoms with Crippen molar-refractivity contribution in [1.29, 1.82) is 0 Å². The summed E-state index contributed by atoms with van der Waals surface area (Å²) in [6.07, 6.45) is 6.37. The summed E-state index contributed by atoms with van der Waals surface area (Å²) < 4.78 is 62.3. The topological polar surface area (TPSA) is 186 Å². The minimum atomic E-state index is -3.66. The Morgan fingerprint density at radius 2 is 1.08 bits per heavy atom. The van der Waals surface area contributed by atoms with E-state index in [4.69, 9.17) is 20.2 Å². The fourth-order valence-electron chi connectivity index (χ4n) is 6.93. The predicted molar refractivity (Wildman–Crippen MR) is 235 cm³/mol. The average molecular weight is 887 g/mol. The number of hydrogen-bond donors (Lipinski definition) is 3. The van der Waals surface area contributed by atoms with E-state index >= 15 is 0 Å². The number of amides is 2. The smallest absolute Gasteiger partial charge is 0.269 e. The van der Waals surface area contributed by atoms with Crippen LogP contribution in [0.5, 0.6) is 11.5 Å². The molecule has 2 aromatic heterocycles. The van der Waals surface area contributed by atoms with E-state index in [1.165, 1.54) is 16.6 Å². The molecular weight excluding hydrogens is 840 g/mol. The van der Waals surface area contributed by atoms with Gasteiger partial charge in [-0.15, -0.1) is 0 Å². The molecule has 0 unspecified atom stereocenters. The molecule has 61 heavy (non-hydrogen) atoms. The number of benzene rings is 4. The van der Waals surface area contributed by atoms with Gasteiger partial charge in [-0.05, 0) is 73.8 Å². The van der Waals surface area contributed by atoms with E-state index in [1.807, 2.05) is 48.5 Å². The third-order valence-corrected chi connectivity index (χ3v) is 13.4. The van der Waals surface area contributed by atoms with Gasteiger partial charge in [0.15, 0.2) is 0 Å². The van der Waals surface area contributed by atoms with Gasteiger partial charge in [0.25, 0.3) is 20.9 Å². The van der Waals surface area contributed by atoms with E-state index in [0.29, 0.717) is 53.4 Å². The van der Waals surface area contributed by atoms with Crippen molar-refractivity contribution in [2.45, 2.75) is 47.7 Å². The van der Waals surface area contributed by atoms with Crippen molar-refractivity contribution >= 4 is 63.1 Å². The molecule has 17 heteroatoms. The fourth-order valence-corrected chi connectivity index (χ4v) is 9.71. The third-order valence-electron chi connectivity index (χ3n) is 10.1. The number of aromatic nitrogens is 2. The Morgan fingerprint density at radius 3 is 1.57 bits per heavy atom. The summed E-state index contributed by atoms with van der Waals surface area (Å²) in [7, 11) is 1.19. The quantitative estimate of drug-likeness (QED) is 0.141. The van der Waals surface area contributed by atoms with Gasteiger partial charge in [0, 0.05) is 73.2 Å². The monoisotopic (exact) mass is 886 g/mol. The highest BCUT2D eigenvalue weighted by Crippen LogP contribution is 2.29. The molecule has 2 fully saturated rings. The van der Waals surface area contributed by atoms with Crippen LogP contribution in [0.2, 0.25) is 0 Å². The number of carbonyl (C=O) groups excluding carboxylic acids is 2. The zero-order chi connectivity index (χ0) is 43.4. The Labute approximate surface area is 360 Å². The van der Waals surface area contributed by atoms with Gasteiger partial charge in [0.1, 0.15) is 35.1 Å². The maximum atomic E-state index is 13.3. The standard InChI is InChI=1S/C22H23N3O4S.C12H17N3O2.C10H7ClO2S/c1-23-22(26)20-15-18(9-12-24-20)29-17-10-13-25(14-11-17)30(27,28)21-8-4-6-16-5-2-3-7-19(16)21;1-13-12(16)11-8-10(4-7-15-11)17-9-2-5-14-6-3-9;11-14(12,13)10-7-3-5-8-4-1-2-6-9(8)10/h2-9,12,15,17H,10-11,13-14H2,1H3,(H,23,26);4,7-9,14H,2-3,5-6H2,1H3,(H,13,16);1-7H. The minimum absolute atomic E-state index is 0.121. The van der Waals surface area contributed by atoms with Crippen LogP contribution in [0.1, 0.15) is 46.7 Å². The molecule has 14 nitrogen and oxygen atoms in total. The van der Waals surface area contributed by atoms with Crippen LogP contribution < -0.4 is 25.4 Å². The van der Waals surface area contributed by atoms with E-state index in [0.717, 1.165) is 42.1 Å². The van der Waals surface area contributed by atoms with Gasteiger partial charge in [-0.25, -0.2) is 16.8 Å². The van der Waals surface area contributed by atoms with E-state index in [-0.39, 0.29) is 34.6 Å². The van der Waals surface area contributed by atoms with Crippen LogP contribution in [0.3, 0.4) is 0 Å². The van der Waals surface area contributed by atoms with E-state index in [1.54, 1.807) is 74.9 Å². The Morgan fingerprint density at radius 1 is 0.639 bits per heavy atom. The Balaban J connectivity index is 0.000000169. The van der Waals surface area contributed by atoms with Crippen molar-refractivity contribution in [2.75, 3.05) is 40.3 Å². The number of fused-ring (bicyclic) bond motifs is 2. The highest BCUT2D eigenvalue weighted by molar-refractivity contribution is 8.14. The lowest BCUT2D eigenvalue weighted by atomic mass is 10.1. The summed E-state index contributed by atoms with van der Waals surface area (Å²) in [5.41, 5.74) is 0.671. The minimum Gasteiger partial charge on any atom is -0.490 e. The van der Waals surface area contributed by atoms with Gasteiger partial charge in [-0.1, -0.05) is 72.8 Å². The SMILES string of the molecule is CNC(=O)c1cc(OC2CCN(S(=O)(=O)c3cccc4ccccc34)CC2)ccn1.CNC(=O)c1cc(OC2CCNCC2)ccn1.O=S(=O)(Cl)c1cccc2ccccc12. The number of pyridine rings is 2. The second-order valence-corrected chi connectivity index (χ2v) is 18.5. The van der Waals surface area contributed by atoms with Crippen LogP contribution >= 0.6 is 10.7 Å². The van der Waals surface area contributed by atoms with E-state index in [2.05, 4.69) is 25.9 Å². The molecule has 4 heterocycles. The molecule has 4 aromatic carbocycles. The number of carbonyl (C=O) groups is 2. The number of rotatable bonds is 9. The molecule has 320 valence electrons. The molecule has 0 bridgehead atoms. The van der Waals surface area contributed by atoms with Crippen molar-refractivity contribution in [3.05, 3.63) is 133 Å². The van der Waals surface area contributed by atoms with Crippen LogP contribution in [-0.4, -0.2) is 95.4 Å². The molecule has 6 aromatic rings. The molecule has 2 saturated heterocycles. The van der Waals surface area contributed by atoms with Gasteiger partial charge in [-0.2, -0.15) is 4.31 Å². The molecule has 0 saturated carbocycles. The van der Waals surface area contributed by atoms with Gasteiger partial charge in [0.2, 0.25) is 10.0 Å². The molecule has 0 spiro atoms. The van der Waals surface area contributed by atoms with Crippen molar-refractivity contribution in [1.82, 2.24) is 30.2 Å². The molecule has 0 atom stereocenters. The number of piperidine rings is 2. The maximum Gasteiger partial charge on any atom is 0.269 e. The zero-order valence-electron chi connectivity index (χ0n) is 33.7.